The van der Waals surface area contributed by atoms with E-state index in [4.69, 9.17) is 0 Å². The van der Waals surface area contributed by atoms with Crippen LogP contribution in [0, 0.1) is 5.92 Å². The molecule has 1 saturated heterocycles. The maximum atomic E-state index is 11.5. The van der Waals surface area contributed by atoms with Gasteiger partial charge in [0.15, 0.2) is 0 Å². The molecule has 28 heavy (non-hydrogen) atoms. The molecular weight excluding hydrogens is 354 g/mol. The molecule has 6 heteroatoms. The molecule has 1 unspecified atom stereocenters. The van der Waals surface area contributed by atoms with Crippen LogP contribution in [0.25, 0.3) is 0 Å². The van der Waals surface area contributed by atoms with Crippen LogP contribution in [-0.4, -0.2) is 42.4 Å². The third-order valence-electron chi connectivity index (χ3n) is 5.48. The fourth-order valence-electron chi connectivity index (χ4n) is 3.73. The van der Waals surface area contributed by atoms with E-state index >= 15 is 0 Å². The quantitative estimate of drug-likeness (QED) is 0.735. The number of urea groups is 1. The monoisotopic (exact) mass is 387 g/mol. The Hall–Kier alpha value is -2.21. The third kappa shape index (κ3) is 7.43. The molecule has 1 aliphatic heterocycles. The van der Waals surface area contributed by atoms with Crippen molar-refractivity contribution in [3.05, 3.63) is 35.9 Å². The SMILES string of the molecule is CNC(C)CC1CCCCC1.O=C1CC(=O)N(CCc2ccccc2)C(=O)N1. The van der Waals surface area contributed by atoms with Crippen molar-refractivity contribution in [2.24, 2.45) is 5.92 Å². The summed E-state index contributed by atoms with van der Waals surface area (Å²) in [7, 11) is 2.06. The number of nitrogens with one attached hydrogen (secondary N) is 2. The van der Waals surface area contributed by atoms with E-state index in [2.05, 4.69) is 24.6 Å². The Balaban J connectivity index is 0.000000221. The molecule has 3 rings (SSSR count). The molecule has 1 aliphatic carbocycles. The second-order valence-electron chi connectivity index (χ2n) is 7.74. The molecule has 2 N–H and O–H groups in total. The summed E-state index contributed by atoms with van der Waals surface area (Å²) in [6.07, 6.45) is 9.11. The number of hydrogen-bond acceptors (Lipinski definition) is 4. The molecule has 0 spiro atoms. The lowest BCUT2D eigenvalue weighted by Crippen LogP contribution is -2.53. The van der Waals surface area contributed by atoms with Gasteiger partial charge in [-0.25, -0.2) is 4.79 Å². The number of benzene rings is 1. The highest BCUT2D eigenvalue weighted by Gasteiger charge is 2.30. The van der Waals surface area contributed by atoms with E-state index in [1.165, 1.54) is 38.5 Å². The van der Waals surface area contributed by atoms with Crippen molar-refractivity contribution in [3.8, 4) is 0 Å². The summed E-state index contributed by atoms with van der Waals surface area (Å²) in [6, 6.07) is 9.66. The smallest absolute Gasteiger partial charge is 0.317 e. The van der Waals surface area contributed by atoms with Crippen molar-refractivity contribution in [2.45, 2.75) is 64.3 Å². The number of rotatable bonds is 6. The fraction of sp³-hybridized carbons (Fsp3) is 0.591. The van der Waals surface area contributed by atoms with Gasteiger partial charge in [0.1, 0.15) is 6.42 Å². The van der Waals surface area contributed by atoms with Crippen molar-refractivity contribution in [3.63, 3.8) is 0 Å². The lowest BCUT2D eigenvalue weighted by molar-refractivity contribution is -0.136. The van der Waals surface area contributed by atoms with Crippen molar-refractivity contribution < 1.29 is 14.4 Å². The predicted octanol–water partition coefficient (Wildman–Crippen LogP) is 3.26. The van der Waals surface area contributed by atoms with Gasteiger partial charge in [0.05, 0.1) is 0 Å². The Bertz CT molecular complexity index is 622. The van der Waals surface area contributed by atoms with Gasteiger partial charge >= 0.3 is 6.03 Å². The molecule has 0 radical (unpaired) electrons. The first kappa shape index (κ1) is 22.1. The second kappa shape index (κ2) is 11.6. The zero-order chi connectivity index (χ0) is 20.4. The topological polar surface area (TPSA) is 78.5 Å². The molecule has 0 aromatic heterocycles. The van der Waals surface area contributed by atoms with Gasteiger partial charge in [-0.2, -0.15) is 0 Å². The highest BCUT2D eigenvalue weighted by molar-refractivity contribution is 6.14. The maximum absolute atomic E-state index is 11.5. The minimum absolute atomic E-state index is 0.249. The van der Waals surface area contributed by atoms with Crippen molar-refractivity contribution >= 4 is 17.8 Å². The Kier molecular flexibility index (Phi) is 9.14. The molecule has 1 aromatic carbocycles. The first-order valence-electron chi connectivity index (χ1n) is 10.3. The first-order valence-corrected chi connectivity index (χ1v) is 10.3. The zero-order valence-electron chi connectivity index (χ0n) is 17.1. The van der Waals surface area contributed by atoms with E-state index < -0.39 is 17.8 Å². The van der Waals surface area contributed by atoms with E-state index in [0.29, 0.717) is 13.0 Å². The molecule has 1 heterocycles. The number of carbonyl (C=O) groups is 3. The van der Waals surface area contributed by atoms with Gasteiger partial charge in [-0.3, -0.25) is 19.8 Å². The first-order chi connectivity index (χ1) is 13.5. The summed E-state index contributed by atoms with van der Waals surface area (Å²) >= 11 is 0. The van der Waals surface area contributed by atoms with Crippen LogP contribution in [0.15, 0.2) is 30.3 Å². The maximum Gasteiger partial charge on any atom is 0.330 e. The van der Waals surface area contributed by atoms with E-state index in [-0.39, 0.29) is 6.42 Å². The summed E-state index contributed by atoms with van der Waals surface area (Å²) in [4.78, 5) is 34.9. The average Bonchev–Trinajstić information content (AvgIpc) is 2.69. The molecule has 1 aromatic rings. The lowest BCUT2D eigenvalue weighted by atomic mass is 9.85. The zero-order valence-corrected chi connectivity index (χ0v) is 17.1. The largest absolute Gasteiger partial charge is 0.330 e. The molecule has 4 amide bonds. The Labute approximate surface area is 168 Å². The minimum atomic E-state index is -0.623. The van der Waals surface area contributed by atoms with E-state index in [0.717, 1.165) is 22.4 Å². The Morgan fingerprint density at radius 2 is 1.79 bits per heavy atom. The van der Waals surface area contributed by atoms with Crippen LogP contribution in [0.3, 0.4) is 0 Å². The van der Waals surface area contributed by atoms with Crippen LogP contribution in [0.1, 0.15) is 57.4 Å². The summed E-state index contributed by atoms with van der Waals surface area (Å²) < 4.78 is 0. The summed E-state index contributed by atoms with van der Waals surface area (Å²) in [5.74, 6) is 0.0526. The average molecular weight is 388 g/mol. The van der Waals surface area contributed by atoms with Gasteiger partial charge in [0.2, 0.25) is 11.8 Å². The molecule has 2 fully saturated rings. The number of amides is 4. The highest BCUT2D eigenvalue weighted by Crippen LogP contribution is 2.27. The fourth-order valence-corrected chi connectivity index (χ4v) is 3.73. The van der Waals surface area contributed by atoms with E-state index in [9.17, 15) is 14.4 Å². The van der Waals surface area contributed by atoms with Crippen LogP contribution in [0.5, 0.6) is 0 Å². The molecule has 6 nitrogen and oxygen atoms in total. The number of imide groups is 2. The van der Waals surface area contributed by atoms with Gasteiger partial charge < -0.3 is 5.32 Å². The van der Waals surface area contributed by atoms with Crippen LogP contribution in [0.4, 0.5) is 4.79 Å². The van der Waals surface area contributed by atoms with Gasteiger partial charge in [-0.1, -0.05) is 62.4 Å². The molecule has 0 bridgehead atoms. The van der Waals surface area contributed by atoms with Crippen LogP contribution < -0.4 is 10.6 Å². The van der Waals surface area contributed by atoms with Crippen molar-refractivity contribution in [1.82, 2.24) is 15.5 Å². The van der Waals surface area contributed by atoms with Crippen LogP contribution in [-0.2, 0) is 16.0 Å². The van der Waals surface area contributed by atoms with Gasteiger partial charge in [-0.15, -0.1) is 0 Å². The summed E-state index contributed by atoms with van der Waals surface area (Å²) in [5, 5.41) is 5.44. The second-order valence-corrected chi connectivity index (χ2v) is 7.74. The van der Waals surface area contributed by atoms with Gasteiger partial charge in [0, 0.05) is 12.6 Å². The molecule has 154 valence electrons. The Morgan fingerprint density at radius 3 is 2.39 bits per heavy atom. The van der Waals surface area contributed by atoms with Gasteiger partial charge in [0.25, 0.3) is 0 Å². The minimum Gasteiger partial charge on any atom is -0.317 e. The normalized spacial score (nSPS) is 18.9. The summed E-state index contributed by atoms with van der Waals surface area (Å²) in [6.45, 7) is 2.58. The van der Waals surface area contributed by atoms with Crippen LogP contribution in [0.2, 0.25) is 0 Å². The number of nitrogens with zero attached hydrogens (tertiary/aromatic N) is 1. The molecule has 1 saturated carbocycles. The van der Waals surface area contributed by atoms with Crippen molar-refractivity contribution in [1.29, 1.82) is 0 Å². The van der Waals surface area contributed by atoms with E-state index in [1.54, 1.807) is 0 Å². The standard InChI is InChI=1S/C12H12N2O3.C10H21N/c15-10-8-11(16)14(12(17)13-10)7-6-9-4-2-1-3-5-9;1-9(11-2)8-10-6-4-3-5-7-10/h1-5H,6-8H2,(H,13,15,17);9-11H,3-8H2,1-2H3. The number of hydrogen-bond donors (Lipinski definition) is 2. The Morgan fingerprint density at radius 1 is 1.11 bits per heavy atom. The third-order valence-corrected chi connectivity index (χ3v) is 5.48. The van der Waals surface area contributed by atoms with Crippen LogP contribution >= 0.6 is 0 Å². The van der Waals surface area contributed by atoms with E-state index in [1.807, 2.05) is 30.3 Å². The molecule has 2 aliphatic rings. The lowest BCUT2D eigenvalue weighted by Gasteiger charge is -2.24. The number of carbonyl (C=O) groups excluding carboxylic acids is 3. The summed E-state index contributed by atoms with van der Waals surface area (Å²) in [5.41, 5.74) is 1.05. The predicted molar refractivity (Wildman–Crippen MR) is 110 cm³/mol. The van der Waals surface area contributed by atoms with Gasteiger partial charge in [-0.05, 0) is 38.3 Å². The highest BCUT2D eigenvalue weighted by atomic mass is 16.2. The number of barbiturate groups is 1. The van der Waals surface area contributed by atoms with Crippen molar-refractivity contribution in [2.75, 3.05) is 13.6 Å². The molecular formula is C22H33N3O3. The molecule has 1 atom stereocenters.